The molecule has 0 saturated heterocycles. The molecule has 0 saturated carbocycles. The molecule has 0 bridgehead atoms. The van der Waals surface area contributed by atoms with Gasteiger partial charge in [-0.3, -0.25) is 5.43 Å². The molecule has 5 heteroatoms. The van der Waals surface area contributed by atoms with E-state index in [9.17, 15) is 0 Å². The third kappa shape index (κ3) is 5.31. The molecule has 3 N–H and O–H groups in total. The van der Waals surface area contributed by atoms with Crippen LogP contribution in [0.1, 0.15) is 25.8 Å². The van der Waals surface area contributed by atoms with Crippen LogP contribution < -0.4 is 15.9 Å². The second kappa shape index (κ2) is 6.85. The smallest absolute Gasteiger partial charge is 0.184 e. The molecule has 1 unspecified atom stereocenters. The molecule has 1 rings (SSSR count). The van der Waals surface area contributed by atoms with Crippen molar-refractivity contribution < 1.29 is 4.74 Å². The molecule has 0 amide bonds. The molecule has 4 nitrogen and oxygen atoms in total. The maximum atomic E-state index is 5.66. The zero-order valence-electron chi connectivity index (χ0n) is 10.0. The van der Waals surface area contributed by atoms with Crippen LogP contribution in [0.25, 0.3) is 0 Å². The normalized spacial score (nSPS) is 12.4. The summed E-state index contributed by atoms with van der Waals surface area (Å²) in [6, 6.07) is 7.66. The van der Waals surface area contributed by atoms with Crippen molar-refractivity contribution in [3.05, 3.63) is 29.8 Å². The van der Waals surface area contributed by atoms with E-state index in [1.165, 1.54) is 0 Å². The Bertz CT molecular complexity index is 389. The fraction of sp³-hybridized carbons (Fsp3) is 0.333. The lowest BCUT2D eigenvalue weighted by atomic mass is 10.2. The van der Waals surface area contributed by atoms with E-state index in [-0.39, 0.29) is 11.2 Å². The maximum absolute atomic E-state index is 5.66. The molecule has 0 aromatic heterocycles. The first-order valence-electron chi connectivity index (χ1n) is 5.47. The summed E-state index contributed by atoms with van der Waals surface area (Å²) < 4.78 is 5.66. The Morgan fingerprint density at radius 3 is 2.71 bits per heavy atom. The van der Waals surface area contributed by atoms with Gasteiger partial charge in [-0.2, -0.15) is 5.10 Å². The van der Waals surface area contributed by atoms with Gasteiger partial charge in [-0.05, 0) is 55.4 Å². The highest BCUT2D eigenvalue weighted by Crippen LogP contribution is 2.13. The van der Waals surface area contributed by atoms with E-state index in [2.05, 4.69) is 29.7 Å². The minimum absolute atomic E-state index is 0.151. The number of thiocarbonyl (C=S) groups is 1. The van der Waals surface area contributed by atoms with Gasteiger partial charge in [0.15, 0.2) is 5.11 Å². The predicted molar refractivity (Wildman–Crippen MR) is 74.3 cm³/mol. The number of benzene rings is 1. The van der Waals surface area contributed by atoms with Crippen molar-refractivity contribution in [2.75, 3.05) is 0 Å². The van der Waals surface area contributed by atoms with E-state index in [0.717, 1.165) is 17.7 Å². The van der Waals surface area contributed by atoms with Crippen LogP contribution >= 0.6 is 12.2 Å². The van der Waals surface area contributed by atoms with Gasteiger partial charge in [0, 0.05) is 0 Å². The van der Waals surface area contributed by atoms with E-state index in [1.54, 1.807) is 6.21 Å². The van der Waals surface area contributed by atoms with Crippen LogP contribution in [-0.2, 0) is 0 Å². The highest BCUT2D eigenvalue weighted by molar-refractivity contribution is 7.80. The van der Waals surface area contributed by atoms with Crippen LogP contribution in [0.15, 0.2) is 29.4 Å². The van der Waals surface area contributed by atoms with Gasteiger partial charge in [0.05, 0.1) is 12.3 Å². The second-order valence-corrected chi connectivity index (χ2v) is 4.08. The van der Waals surface area contributed by atoms with E-state index in [1.807, 2.05) is 31.2 Å². The number of nitrogens with two attached hydrogens (primary N) is 1. The maximum Gasteiger partial charge on any atom is 0.184 e. The number of nitrogens with one attached hydrogen (secondary N) is 1. The van der Waals surface area contributed by atoms with Crippen LogP contribution in [0.3, 0.4) is 0 Å². The van der Waals surface area contributed by atoms with Crippen LogP contribution in [0, 0.1) is 0 Å². The second-order valence-electron chi connectivity index (χ2n) is 3.64. The van der Waals surface area contributed by atoms with Gasteiger partial charge in [0.2, 0.25) is 0 Å². The first-order chi connectivity index (χ1) is 8.11. The summed E-state index contributed by atoms with van der Waals surface area (Å²) in [6.07, 6.45) is 2.86. The van der Waals surface area contributed by atoms with E-state index >= 15 is 0 Å². The highest BCUT2D eigenvalue weighted by atomic mass is 32.1. The van der Waals surface area contributed by atoms with Crippen molar-refractivity contribution in [2.24, 2.45) is 10.8 Å². The molecule has 0 aliphatic rings. The number of hydrazone groups is 1. The Morgan fingerprint density at radius 2 is 2.18 bits per heavy atom. The summed E-state index contributed by atoms with van der Waals surface area (Å²) in [5.74, 6) is 0.860. The summed E-state index contributed by atoms with van der Waals surface area (Å²) in [4.78, 5) is 0. The van der Waals surface area contributed by atoms with E-state index in [0.29, 0.717) is 0 Å². The molecule has 1 aromatic carbocycles. The lowest BCUT2D eigenvalue weighted by Crippen LogP contribution is -2.23. The minimum atomic E-state index is 0.151. The number of hydrogen-bond acceptors (Lipinski definition) is 3. The minimum Gasteiger partial charge on any atom is -0.491 e. The fourth-order valence-electron chi connectivity index (χ4n) is 1.12. The summed E-state index contributed by atoms with van der Waals surface area (Å²) >= 11 is 4.63. The average molecular weight is 251 g/mol. The molecule has 0 radical (unpaired) electrons. The molecule has 1 atom stereocenters. The molecule has 0 spiro atoms. The van der Waals surface area contributed by atoms with Crippen molar-refractivity contribution in [2.45, 2.75) is 26.4 Å². The van der Waals surface area contributed by atoms with Gasteiger partial charge >= 0.3 is 0 Å². The molecular formula is C12H17N3OS. The van der Waals surface area contributed by atoms with Gasteiger partial charge in [-0.15, -0.1) is 0 Å². The fourth-order valence-corrected chi connectivity index (χ4v) is 1.17. The Balaban J connectivity index is 2.55. The van der Waals surface area contributed by atoms with Crippen molar-refractivity contribution in [1.82, 2.24) is 5.43 Å². The topological polar surface area (TPSA) is 59.6 Å². The Labute approximate surface area is 107 Å². The number of hydrogen-bond donors (Lipinski definition) is 2. The van der Waals surface area contributed by atoms with Crippen LogP contribution in [0.5, 0.6) is 5.75 Å². The summed E-state index contributed by atoms with van der Waals surface area (Å²) in [6.45, 7) is 4.13. The predicted octanol–water partition coefficient (Wildman–Crippen LogP) is 2.03. The van der Waals surface area contributed by atoms with Gasteiger partial charge in [0.25, 0.3) is 0 Å². The van der Waals surface area contributed by atoms with Crippen molar-refractivity contribution in [1.29, 1.82) is 0 Å². The van der Waals surface area contributed by atoms with Crippen LogP contribution in [0.2, 0.25) is 0 Å². The SMILES string of the molecule is CCC(C)Oc1ccc(C=NNC(N)=S)cc1. The van der Waals surface area contributed by atoms with Gasteiger partial charge in [-0.1, -0.05) is 6.92 Å². The zero-order chi connectivity index (χ0) is 12.7. The van der Waals surface area contributed by atoms with Gasteiger partial charge in [0.1, 0.15) is 5.75 Å². The van der Waals surface area contributed by atoms with Crippen LogP contribution in [-0.4, -0.2) is 17.4 Å². The average Bonchev–Trinajstić information content (AvgIpc) is 2.31. The molecular weight excluding hydrogens is 234 g/mol. The van der Waals surface area contributed by atoms with Crippen molar-refractivity contribution >= 4 is 23.5 Å². The quantitative estimate of drug-likeness (QED) is 0.477. The molecule has 17 heavy (non-hydrogen) atoms. The van der Waals surface area contributed by atoms with Crippen LogP contribution in [0.4, 0.5) is 0 Å². The number of ether oxygens (including phenoxy) is 1. The monoisotopic (exact) mass is 251 g/mol. The summed E-state index contributed by atoms with van der Waals surface area (Å²) in [5, 5.41) is 4.02. The van der Waals surface area contributed by atoms with Crippen molar-refractivity contribution in [3.8, 4) is 5.75 Å². The lowest BCUT2D eigenvalue weighted by molar-refractivity contribution is 0.217. The zero-order valence-corrected chi connectivity index (χ0v) is 10.8. The Hall–Kier alpha value is -1.62. The van der Waals surface area contributed by atoms with Crippen molar-refractivity contribution in [3.63, 3.8) is 0 Å². The summed E-state index contributed by atoms with van der Waals surface area (Å²) in [7, 11) is 0. The molecule has 0 aliphatic heterocycles. The van der Waals surface area contributed by atoms with E-state index < -0.39 is 0 Å². The molecule has 0 heterocycles. The standard InChI is InChI=1S/C12H17N3OS/c1-3-9(2)16-11-6-4-10(5-7-11)8-14-15-12(13)17/h4-9H,3H2,1-2H3,(H3,13,15,17). The molecule has 92 valence electrons. The Morgan fingerprint density at radius 1 is 1.53 bits per heavy atom. The first kappa shape index (κ1) is 13.4. The Kier molecular flexibility index (Phi) is 5.42. The largest absolute Gasteiger partial charge is 0.491 e. The highest BCUT2D eigenvalue weighted by Gasteiger charge is 1.99. The third-order valence-electron chi connectivity index (χ3n) is 2.18. The van der Waals surface area contributed by atoms with Gasteiger partial charge in [-0.25, -0.2) is 0 Å². The number of nitrogens with zero attached hydrogens (tertiary/aromatic N) is 1. The molecule has 1 aromatic rings. The summed E-state index contributed by atoms with van der Waals surface area (Å²) in [5.41, 5.74) is 8.68. The number of rotatable bonds is 5. The van der Waals surface area contributed by atoms with E-state index in [4.69, 9.17) is 10.5 Å². The van der Waals surface area contributed by atoms with Gasteiger partial charge < -0.3 is 10.5 Å². The first-order valence-corrected chi connectivity index (χ1v) is 5.88. The lowest BCUT2D eigenvalue weighted by Gasteiger charge is -2.12. The third-order valence-corrected chi connectivity index (χ3v) is 2.27. The molecule has 0 aliphatic carbocycles. The molecule has 0 fully saturated rings.